The van der Waals surface area contributed by atoms with Gasteiger partial charge < -0.3 is 5.32 Å². The molecule has 1 aromatic rings. The summed E-state index contributed by atoms with van der Waals surface area (Å²) in [4.78, 5) is 14.6. The summed E-state index contributed by atoms with van der Waals surface area (Å²) < 4.78 is 27.2. The largest absolute Gasteiger partial charge is 0.337 e. The molecule has 0 radical (unpaired) electrons. The maximum absolute atomic E-state index is 12.9. The van der Waals surface area contributed by atoms with Crippen LogP contribution in [0.25, 0.3) is 0 Å². The lowest BCUT2D eigenvalue weighted by Crippen LogP contribution is -2.54. The van der Waals surface area contributed by atoms with Gasteiger partial charge in [0.1, 0.15) is 5.54 Å². The van der Waals surface area contributed by atoms with Crippen LogP contribution >= 0.6 is 0 Å². The molecule has 1 aliphatic heterocycles. The second-order valence-corrected chi connectivity index (χ2v) is 10.0. The lowest BCUT2D eigenvalue weighted by Gasteiger charge is -2.34. The van der Waals surface area contributed by atoms with E-state index in [2.05, 4.69) is 11.4 Å². The molecule has 2 aliphatic rings. The molecule has 0 unspecified atom stereocenters. The van der Waals surface area contributed by atoms with E-state index in [0.717, 1.165) is 24.0 Å². The Bertz CT molecular complexity index is 897. The number of carbonyl (C=O) groups is 1. The Morgan fingerprint density at radius 1 is 1.21 bits per heavy atom. The molecule has 1 amide bonds. The van der Waals surface area contributed by atoms with E-state index in [0.29, 0.717) is 31.1 Å². The smallest absolute Gasteiger partial charge is 0.243 e. The maximum Gasteiger partial charge on any atom is 0.243 e. The fraction of sp³-hybridized carbons (Fsp3) is 0.600. The Morgan fingerprint density at radius 2 is 1.86 bits per heavy atom. The molecule has 8 heteroatoms. The van der Waals surface area contributed by atoms with Gasteiger partial charge in [-0.05, 0) is 62.8 Å². The molecule has 7 nitrogen and oxygen atoms in total. The number of amides is 1. The number of nitrogens with zero attached hydrogens (tertiary/aromatic N) is 3. The van der Waals surface area contributed by atoms with Crippen LogP contribution < -0.4 is 5.32 Å². The highest BCUT2D eigenvalue weighted by Crippen LogP contribution is 2.39. The minimum absolute atomic E-state index is 0.179. The van der Waals surface area contributed by atoms with E-state index in [-0.39, 0.29) is 18.4 Å². The Kier molecular flexibility index (Phi) is 5.80. The summed E-state index contributed by atoms with van der Waals surface area (Å²) in [6.45, 7) is 7.49. The van der Waals surface area contributed by atoms with Crippen LogP contribution in [-0.2, 0) is 14.8 Å². The monoisotopic (exact) mass is 404 g/mol. The number of piperazine rings is 1. The number of carbonyl (C=O) groups excluding carboxylic acids is 1. The summed E-state index contributed by atoms with van der Waals surface area (Å²) in [5, 5.41) is 12.2. The molecule has 152 valence electrons. The van der Waals surface area contributed by atoms with Crippen LogP contribution in [0.3, 0.4) is 0 Å². The van der Waals surface area contributed by atoms with Gasteiger partial charge in [-0.3, -0.25) is 9.69 Å². The van der Waals surface area contributed by atoms with Crippen LogP contribution in [0.5, 0.6) is 0 Å². The molecule has 3 rings (SSSR count). The van der Waals surface area contributed by atoms with Gasteiger partial charge in [0.05, 0.1) is 17.5 Å². The van der Waals surface area contributed by atoms with E-state index < -0.39 is 15.6 Å². The summed E-state index contributed by atoms with van der Waals surface area (Å²) in [6, 6.07) is 7.42. The summed E-state index contributed by atoms with van der Waals surface area (Å²) in [5.74, 6) is 0.0582. The van der Waals surface area contributed by atoms with Crippen molar-refractivity contribution in [3.05, 3.63) is 29.3 Å². The van der Waals surface area contributed by atoms with Crippen molar-refractivity contribution >= 4 is 15.9 Å². The van der Waals surface area contributed by atoms with Crippen molar-refractivity contribution in [2.24, 2.45) is 5.92 Å². The molecular weight excluding hydrogens is 376 g/mol. The van der Waals surface area contributed by atoms with Gasteiger partial charge in [-0.2, -0.15) is 9.57 Å². The molecule has 1 heterocycles. The van der Waals surface area contributed by atoms with Gasteiger partial charge in [0.25, 0.3) is 0 Å². The Labute approximate surface area is 167 Å². The highest BCUT2D eigenvalue weighted by molar-refractivity contribution is 7.89. The van der Waals surface area contributed by atoms with Crippen molar-refractivity contribution in [2.75, 3.05) is 32.7 Å². The molecule has 28 heavy (non-hydrogen) atoms. The lowest BCUT2D eigenvalue weighted by molar-refractivity contribution is -0.123. The molecular formula is C20H28N4O3S. The zero-order valence-corrected chi connectivity index (χ0v) is 17.6. The first-order valence-electron chi connectivity index (χ1n) is 9.68. The van der Waals surface area contributed by atoms with E-state index >= 15 is 0 Å². The van der Waals surface area contributed by atoms with Crippen molar-refractivity contribution in [3.63, 3.8) is 0 Å². The molecule has 1 aliphatic carbocycles. The summed E-state index contributed by atoms with van der Waals surface area (Å²) >= 11 is 0. The fourth-order valence-corrected chi connectivity index (χ4v) is 5.07. The highest BCUT2D eigenvalue weighted by atomic mass is 32.2. The first-order chi connectivity index (χ1) is 13.2. The molecule has 1 atom stereocenters. The van der Waals surface area contributed by atoms with Crippen molar-refractivity contribution in [1.29, 1.82) is 5.26 Å². The maximum atomic E-state index is 12.9. The fourth-order valence-electron chi connectivity index (χ4n) is 3.57. The molecule has 1 saturated heterocycles. The first-order valence-corrected chi connectivity index (χ1v) is 11.1. The standard InChI is InChI=1S/C20H28N4O3S/c1-15-4-7-18(12-16(15)2)28(26,27)24-10-8-23(9-11-24)13-19(25)22-20(3,14-21)17-5-6-17/h4,7,12,17H,5-6,8-11,13H2,1-3H3,(H,22,25)/t20-/m1/s1. The van der Waals surface area contributed by atoms with Gasteiger partial charge in [0, 0.05) is 26.2 Å². The van der Waals surface area contributed by atoms with E-state index in [1.807, 2.05) is 24.8 Å². The van der Waals surface area contributed by atoms with Crippen molar-refractivity contribution in [3.8, 4) is 6.07 Å². The van der Waals surface area contributed by atoms with E-state index in [1.54, 1.807) is 19.1 Å². The van der Waals surface area contributed by atoms with E-state index in [9.17, 15) is 18.5 Å². The highest BCUT2D eigenvalue weighted by Gasteiger charge is 2.43. The average molecular weight is 405 g/mol. The van der Waals surface area contributed by atoms with Gasteiger partial charge in [0.2, 0.25) is 15.9 Å². The molecule has 1 saturated carbocycles. The second-order valence-electron chi connectivity index (χ2n) is 8.06. The number of aryl methyl sites for hydroxylation is 2. The van der Waals surface area contributed by atoms with Gasteiger partial charge in [-0.25, -0.2) is 8.42 Å². The molecule has 0 aromatic heterocycles. The third-order valence-corrected chi connectivity index (χ3v) is 7.73. The van der Waals surface area contributed by atoms with Crippen molar-refractivity contribution in [1.82, 2.24) is 14.5 Å². The average Bonchev–Trinajstić information content (AvgIpc) is 3.50. The van der Waals surface area contributed by atoms with Crippen LogP contribution in [0.15, 0.2) is 23.1 Å². The zero-order chi connectivity index (χ0) is 20.5. The third kappa shape index (κ3) is 4.37. The second kappa shape index (κ2) is 7.82. The van der Waals surface area contributed by atoms with Gasteiger partial charge >= 0.3 is 0 Å². The molecule has 0 bridgehead atoms. The zero-order valence-electron chi connectivity index (χ0n) is 16.7. The minimum Gasteiger partial charge on any atom is -0.337 e. The summed E-state index contributed by atoms with van der Waals surface area (Å²) in [7, 11) is -3.53. The number of nitrogens with one attached hydrogen (secondary N) is 1. The number of benzene rings is 1. The van der Waals surface area contributed by atoms with E-state index in [4.69, 9.17) is 0 Å². The molecule has 1 N–H and O–H groups in total. The Morgan fingerprint density at radius 3 is 2.39 bits per heavy atom. The van der Waals surface area contributed by atoms with Crippen LogP contribution in [0.4, 0.5) is 0 Å². The Balaban J connectivity index is 1.56. The van der Waals surface area contributed by atoms with E-state index in [1.165, 1.54) is 4.31 Å². The first kappa shape index (κ1) is 20.8. The summed E-state index contributed by atoms with van der Waals surface area (Å²) in [6.07, 6.45) is 1.94. The number of hydrogen-bond acceptors (Lipinski definition) is 5. The molecule has 1 aromatic carbocycles. The van der Waals surface area contributed by atoms with Gasteiger partial charge in [-0.15, -0.1) is 0 Å². The Hall–Kier alpha value is -1.95. The quantitative estimate of drug-likeness (QED) is 0.774. The van der Waals surface area contributed by atoms with Gasteiger partial charge in [0.15, 0.2) is 0 Å². The molecule has 0 spiro atoms. The predicted molar refractivity (Wildman–Crippen MR) is 106 cm³/mol. The van der Waals surface area contributed by atoms with Crippen molar-refractivity contribution in [2.45, 2.75) is 44.0 Å². The van der Waals surface area contributed by atoms with Crippen LogP contribution in [0.1, 0.15) is 30.9 Å². The van der Waals surface area contributed by atoms with Crippen LogP contribution in [-0.4, -0.2) is 61.8 Å². The number of sulfonamides is 1. The number of rotatable bonds is 6. The predicted octanol–water partition coefficient (Wildman–Crippen LogP) is 1.42. The SMILES string of the molecule is Cc1ccc(S(=O)(=O)N2CCN(CC(=O)N[C@](C)(C#N)C3CC3)CC2)cc1C. The van der Waals surface area contributed by atoms with Crippen LogP contribution in [0, 0.1) is 31.1 Å². The number of nitriles is 1. The normalized spacial score (nSPS) is 20.9. The molecule has 2 fully saturated rings. The van der Waals surface area contributed by atoms with Crippen molar-refractivity contribution < 1.29 is 13.2 Å². The third-order valence-electron chi connectivity index (χ3n) is 5.84. The van der Waals surface area contributed by atoms with Gasteiger partial charge in [-0.1, -0.05) is 6.07 Å². The number of hydrogen-bond donors (Lipinski definition) is 1. The topological polar surface area (TPSA) is 93.5 Å². The van der Waals surface area contributed by atoms with Crippen LogP contribution in [0.2, 0.25) is 0 Å². The summed E-state index contributed by atoms with van der Waals surface area (Å²) in [5.41, 5.74) is 1.21. The minimum atomic E-state index is -3.53. The lowest BCUT2D eigenvalue weighted by atomic mass is 9.98.